The summed E-state index contributed by atoms with van der Waals surface area (Å²) in [5.74, 6) is 0.0628. The highest BCUT2D eigenvalue weighted by molar-refractivity contribution is 9.10. The maximum Gasteiger partial charge on any atom is 0.254 e. The minimum Gasteiger partial charge on any atom is -0.332 e. The Bertz CT molecular complexity index is 1110. The van der Waals surface area contributed by atoms with Gasteiger partial charge >= 0.3 is 0 Å². The van der Waals surface area contributed by atoms with E-state index >= 15 is 0 Å². The number of anilines is 1. The summed E-state index contributed by atoms with van der Waals surface area (Å²) in [7, 11) is 1.61. The molecule has 0 fully saturated rings. The molecule has 2 amide bonds. The molecule has 162 valence electrons. The Morgan fingerprint density at radius 3 is 2.45 bits per heavy atom. The Kier molecular flexibility index (Phi) is 6.65. The number of aromatic nitrogens is 2. The SMILES string of the molecule is Cc1ccccc1-n1nc(C(C)(C)C)cc1NC(=O)CN(C)C(=O)c1cccc(Br)c1. The third-order valence-corrected chi connectivity index (χ3v) is 5.38. The van der Waals surface area contributed by atoms with E-state index in [1.54, 1.807) is 29.9 Å². The summed E-state index contributed by atoms with van der Waals surface area (Å²) in [5, 5.41) is 7.69. The van der Waals surface area contributed by atoms with Gasteiger partial charge in [0.05, 0.1) is 17.9 Å². The fourth-order valence-electron chi connectivity index (χ4n) is 3.13. The minimum atomic E-state index is -0.291. The second kappa shape index (κ2) is 9.06. The first-order valence-electron chi connectivity index (χ1n) is 10.0. The Morgan fingerprint density at radius 2 is 1.81 bits per heavy atom. The molecule has 3 aromatic rings. The lowest BCUT2D eigenvalue weighted by Gasteiger charge is -2.17. The molecule has 0 unspecified atom stereocenters. The van der Waals surface area contributed by atoms with Crippen molar-refractivity contribution >= 4 is 33.6 Å². The van der Waals surface area contributed by atoms with E-state index in [-0.39, 0.29) is 23.8 Å². The zero-order chi connectivity index (χ0) is 22.8. The number of para-hydroxylation sites is 1. The summed E-state index contributed by atoms with van der Waals surface area (Å²) in [4.78, 5) is 26.9. The Balaban J connectivity index is 1.83. The lowest BCUT2D eigenvalue weighted by molar-refractivity contribution is -0.116. The molecule has 0 aliphatic heterocycles. The van der Waals surface area contributed by atoms with Crippen molar-refractivity contribution < 1.29 is 9.59 Å². The lowest BCUT2D eigenvalue weighted by atomic mass is 9.92. The number of carbonyl (C=O) groups is 2. The van der Waals surface area contributed by atoms with Crippen LogP contribution in [0.1, 0.15) is 42.4 Å². The number of carbonyl (C=O) groups excluding carboxylic acids is 2. The monoisotopic (exact) mass is 482 g/mol. The van der Waals surface area contributed by atoms with E-state index in [0.717, 1.165) is 21.4 Å². The smallest absolute Gasteiger partial charge is 0.254 e. The van der Waals surface area contributed by atoms with Gasteiger partial charge in [0.1, 0.15) is 5.82 Å². The van der Waals surface area contributed by atoms with Crippen LogP contribution in [-0.2, 0) is 10.2 Å². The molecule has 0 atom stereocenters. The average Bonchev–Trinajstić information content (AvgIpc) is 3.11. The molecule has 7 heteroatoms. The second-order valence-electron chi connectivity index (χ2n) is 8.58. The van der Waals surface area contributed by atoms with E-state index in [4.69, 9.17) is 5.10 Å². The summed E-state index contributed by atoms with van der Waals surface area (Å²) in [5.41, 5.74) is 3.14. The van der Waals surface area contributed by atoms with Gasteiger partial charge in [-0.3, -0.25) is 9.59 Å². The van der Waals surface area contributed by atoms with Gasteiger partial charge in [-0.2, -0.15) is 5.10 Å². The van der Waals surface area contributed by atoms with Gasteiger partial charge in [-0.25, -0.2) is 4.68 Å². The Labute approximate surface area is 191 Å². The van der Waals surface area contributed by atoms with Crippen LogP contribution in [0.2, 0.25) is 0 Å². The molecule has 31 heavy (non-hydrogen) atoms. The third kappa shape index (κ3) is 5.41. The molecule has 6 nitrogen and oxygen atoms in total. The van der Waals surface area contributed by atoms with Gasteiger partial charge < -0.3 is 10.2 Å². The molecule has 2 aromatic carbocycles. The van der Waals surface area contributed by atoms with Gasteiger partial charge in [-0.1, -0.05) is 61.0 Å². The second-order valence-corrected chi connectivity index (χ2v) is 9.50. The van der Waals surface area contributed by atoms with Crippen LogP contribution in [0.25, 0.3) is 5.69 Å². The number of nitrogens with zero attached hydrogens (tertiary/aromatic N) is 3. The molecule has 1 heterocycles. The minimum absolute atomic E-state index is 0.0743. The fourth-order valence-corrected chi connectivity index (χ4v) is 3.53. The van der Waals surface area contributed by atoms with Crippen molar-refractivity contribution in [3.63, 3.8) is 0 Å². The maximum absolute atomic E-state index is 12.8. The van der Waals surface area contributed by atoms with Gasteiger partial charge in [0.25, 0.3) is 5.91 Å². The van der Waals surface area contributed by atoms with Gasteiger partial charge in [0.2, 0.25) is 5.91 Å². The van der Waals surface area contributed by atoms with Gasteiger partial charge in [0, 0.05) is 28.6 Å². The van der Waals surface area contributed by atoms with Gasteiger partial charge in [-0.05, 0) is 36.8 Å². The number of rotatable bonds is 5. The van der Waals surface area contributed by atoms with Gasteiger partial charge in [-0.15, -0.1) is 0 Å². The molecule has 0 radical (unpaired) electrons. The highest BCUT2D eigenvalue weighted by Gasteiger charge is 2.23. The van der Waals surface area contributed by atoms with Crippen molar-refractivity contribution in [1.29, 1.82) is 0 Å². The van der Waals surface area contributed by atoms with E-state index in [0.29, 0.717) is 11.4 Å². The topological polar surface area (TPSA) is 67.2 Å². The van der Waals surface area contributed by atoms with E-state index in [2.05, 4.69) is 42.0 Å². The van der Waals surface area contributed by atoms with Crippen molar-refractivity contribution in [1.82, 2.24) is 14.7 Å². The Morgan fingerprint density at radius 1 is 1.10 bits per heavy atom. The summed E-state index contributed by atoms with van der Waals surface area (Å²) >= 11 is 3.37. The number of likely N-dealkylation sites (N-methyl/N-ethyl adjacent to an activating group) is 1. The summed E-state index contributed by atoms with van der Waals surface area (Å²) in [6.07, 6.45) is 0. The molecule has 3 rings (SSSR count). The van der Waals surface area contributed by atoms with E-state index in [1.807, 2.05) is 43.3 Å². The number of nitrogens with one attached hydrogen (secondary N) is 1. The van der Waals surface area contributed by atoms with E-state index in [1.165, 1.54) is 4.90 Å². The number of amides is 2. The molecular weight excluding hydrogens is 456 g/mol. The molecule has 0 bridgehead atoms. The van der Waals surface area contributed by atoms with Crippen LogP contribution in [0, 0.1) is 6.92 Å². The van der Waals surface area contributed by atoms with Crippen LogP contribution in [0.5, 0.6) is 0 Å². The van der Waals surface area contributed by atoms with Crippen LogP contribution in [0.3, 0.4) is 0 Å². The first-order chi connectivity index (χ1) is 14.6. The fraction of sp³-hybridized carbons (Fsp3) is 0.292. The first-order valence-corrected chi connectivity index (χ1v) is 10.8. The lowest BCUT2D eigenvalue weighted by Crippen LogP contribution is -2.35. The number of benzene rings is 2. The zero-order valence-corrected chi connectivity index (χ0v) is 20.0. The van der Waals surface area contributed by atoms with Crippen LogP contribution in [0.15, 0.2) is 59.1 Å². The summed E-state index contributed by atoms with van der Waals surface area (Å²) < 4.78 is 2.57. The predicted octanol–water partition coefficient (Wildman–Crippen LogP) is 4.95. The normalized spacial score (nSPS) is 11.3. The van der Waals surface area contributed by atoms with Crippen molar-refractivity contribution in [3.05, 3.63) is 75.9 Å². The van der Waals surface area contributed by atoms with Crippen molar-refractivity contribution in [2.24, 2.45) is 0 Å². The van der Waals surface area contributed by atoms with Crippen LogP contribution in [-0.4, -0.2) is 40.1 Å². The molecule has 1 aromatic heterocycles. The molecule has 1 N–H and O–H groups in total. The van der Waals surface area contributed by atoms with Crippen molar-refractivity contribution in [2.75, 3.05) is 18.9 Å². The van der Waals surface area contributed by atoms with Crippen LogP contribution < -0.4 is 5.32 Å². The average molecular weight is 483 g/mol. The summed E-state index contributed by atoms with van der Waals surface area (Å²) in [6, 6.07) is 16.9. The Hall–Kier alpha value is -2.93. The highest BCUT2D eigenvalue weighted by atomic mass is 79.9. The number of halogens is 1. The van der Waals surface area contributed by atoms with E-state index in [9.17, 15) is 9.59 Å². The predicted molar refractivity (Wildman–Crippen MR) is 127 cm³/mol. The number of aryl methyl sites for hydroxylation is 1. The molecule has 0 saturated heterocycles. The van der Waals surface area contributed by atoms with Gasteiger partial charge in [0.15, 0.2) is 0 Å². The maximum atomic E-state index is 12.8. The number of hydrogen-bond acceptors (Lipinski definition) is 3. The van der Waals surface area contributed by atoms with Crippen LogP contribution >= 0.6 is 15.9 Å². The van der Waals surface area contributed by atoms with Crippen molar-refractivity contribution in [3.8, 4) is 5.69 Å². The highest BCUT2D eigenvalue weighted by Crippen LogP contribution is 2.27. The molecule has 0 saturated carbocycles. The largest absolute Gasteiger partial charge is 0.332 e. The molecular formula is C24H27BrN4O2. The molecule has 0 aliphatic carbocycles. The van der Waals surface area contributed by atoms with E-state index < -0.39 is 0 Å². The quantitative estimate of drug-likeness (QED) is 0.559. The number of hydrogen-bond donors (Lipinski definition) is 1. The third-order valence-electron chi connectivity index (χ3n) is 4.89. The van der Waals surface area contributed by atoms with Crippen LogP contribution in [0.4, 0.5) is 5.82 Å². The standard InChI is InChI=1S/C24H27BrN4O2/c1-16-9-6-7-12-19(16)29-21(14-20(27-29)24(2,3)4)26-22(30)15-28(5)23(31)17-10-8-11-18(25)13-17/h6-14H,15H2,1-5H3,(H,26,30). The molecule has 0 spiro atoms. The van der Waals surface area contributed by atoms with Crippen molar-refractivity contribution in [2.45, 2.75) is 33.1 Å². The zero-order valence-electron chi connectivity index (χ0n) is 18.4. The summed E-state index contributed by atoms with van der Waals surface area (Å²) in [6.45, 7) is 8.16. The first kappa shape index (κ1) is 22.7. The molecule has 0 aliphatic rings.